The predicted octanol–water partition coefficient (Wildman–Crippen LogP) is 0.979. The number of fused-ring (bicyclic) bond motifs is 1. The molecule has 8 nitrogen and oxygen atoms in total. The van der Waals surface area contributed by atoms with Gasteiger partial charge < -0.3 is 4.74 Å². The number of benzene rings is 1. The third-order valence-corrected chi connectivity index (χ3v) is 4.30. The fourth-order valence-corrected chi connectivity index (χ4v) is 2.84. The molecule has 0 aliphatic heterocycles. The molecule has 0 amide bonds. The van der Waals surface area contributed by atoms with Crippen LogP contribution in [0.5, 0.6) is 5.75 Å². The van der Waals surface area contributed by atoms with Gasteiger partial charge in [0, 0.05) is 19.7 Å². The molecule has 0 spiro atoms. The molecule has 0 fully saturated rings. The molecule has 3 rings (SSSR count). The lowest BCUT2D eigenvalue weighted by Gasteiger charge is -2.09. The first-order valence-corrected chi connectivity index (χ1v) is 7.72. The lowest BCUT2D eigenvalue weighted by molar-refractivity contribution is 0.0973. The normalized spacial score (nSPS) is 11.0. The van der Waals surface area contributed by atoms with Crippen LogP contribution in [-0.2, 0) is 20.6 Å². The van der Waals surface area contributed by atoms with Crippen LogP contribution in [0.25, 0.3) is 11.2 Å². The Morgan fingerprint density at radius 3 is 2.40 bits per heavy atom. The van der Waals surface area contributed by atoms with Crippen molar-refractivity contribution >= 4 is 28.5 Å². The fraction of sp³-hybridized carbons (Fsp3) is 0.250. The second kappa shape index (κ2) is 6.21. The smallest absolute Gasteiger partial charge is 0.332 e. The fourth-order valence-electron chi connectivity index (χ4n) is 2.61. The molecule has 0 saturated heterocycles. The van der Waals surface area contributed by atoms with Gasteiger partial charge in [-0.1, -0.05) is 0 Å². The van der Waals surface area contributed by atoms with E-state index < -0.39 is 11.2 Å². The lowest BCUT2D eigenvalue weighted by atomic mass is 10.1. The minimum atomic E-state index is -0.560. The van der Waals surface area contributed by atoms with Gasteiger partial charge in [-0.15, -0.1) is 0 Å². The third-order valence-electron chi connectivity index (χ3n) is 4.01. The summed E-state index contributed by atoms with van der Waals surface area (Å²) in [6, 6.07) is 6.61. The maximum Gasteiger partial charge on any atom is 0.332 e. The van der Waals surface area contributed by atoms with Gasteiger partial charge in [-0.2, -0.15) is 0 Å². The number of halogens is 1. The number of aromatic nitrogens is 4. The van der Waals surface area contributed by atoms with E-state index >= 15 is 0 Å². The first-order chi connectivity index (χ1) is 11.8. The molecule has 9 heteroatoms. The van der Waals surface area contributed by atoms with Gasteiger partial charge in [0.2, 0.25) is 5.28 Å². The SMILES string of the molecule is COc1ccc(C(=O)Cn2c(Cl)nc3c(=O)n(C)c(=O)n(C)c32)cc1. The first-order valence-electron chi connectivity index (χ1n) is 7.34. The molecule has 1 aromatic carbocycles. The van der Waals surface area contributed by atoms with Crippen molar-refractivity contribution in [3.63, 3.8) is 0 Å². The van der Waals surface area contributed by atoms with Gasteiger partial charge in [0.05, 0.1) is 13.7 Å². The largest absolute Gasteiger partial charge is 0.497 e. The number of carbonyl (C=O) groups excluding carboxylic acids is 1. The number of hydrogen-bond acceptors (Lipinski definition) is 5. The minimum Gasteiger partial charge on any atom is -0.497 e. The Morgan fingerprint density at radius 1 is 1.16 bits per heavy atom. The average molecular weight is 363 g/mol. The van der Waals surface area contributed by atoms with Crippen molar-refractivity contribution < 1.29 is 9.53 Å². The number of hydrogen-bond donors (Lipinski definition) is 0. The minimum absolute atomic E-state index is 0.0323. The lowest BCUT2D eigenvalue weighted by Crippen LogP contribution is -2.37. The molecule has 0 saturated carbocycles. The van der Waals surface area contributed by atoms with Gasteiger partial charge in [0.15, 0.2) is 16.9 Å². The highest BCUT2D eigenvalue weighted by Gasteiger charge is 2.20. The summed E-state index contributed by atoms with van der Waals surface area (Å²) in [5.74, 6) is 0.394. The molecule has 0 aliphatic rings. The second-order valence-electron chi connectivity index (χ2n) is 5.50. The monoisotopic (exact) mass is 362 g/mol. The quantitative estimate of drug-likeness (QED) is 0.510. The van der Waals surface area contributed by atoms with Crippen LogP contribution >= 0.6 is 11.6 Å². The summed E-state index contributed by atoms with van der Waals surface area (Å²) >= 11 is 6.11. The molecule has 0 unspecified atom stereocenters. The topological polar surface area (TPSA) is 88.1 Å². The molecule has 0 atom stereocenters. The Labute approximate surface area is 146 Å². The van der Waals surface area contributed by atoms with Crippen LogP contribution in [0.3, 0.4) is 0 Å². The van der Waals surface area contributed by atoms with E-state index in [4.69, 9.17) is 16.3 Å². The predicted molar refractivity (Wildman–Crippen MR) is 92.5 cm³/mol. The van der Waals surface area contributed by atoms with Crippen molar-refractivity contribution in [2.45, 2.75) is 6.54 Å². The van der Waals surface area contributed by atoms with Crippen molar-refractivity contribution in [1.82, 2.24) is 18.7 Å². The van der Waals surface area contributed by atoms with Crippen LogP contribution in [0.15, 0.2) is 33.9 Å². The zero-order chi connectivity index (χ0) is 18.3. The molecular formula is C16H15ClN4O4. The summed E-state index contributed by atoms with van der Waals surface area (Å²) in [6.07, 6.45) is 0. The molecule has 3 aromatic rings. The number of ether oxygens (including phenoxy) is 1. The van der Waals surface area contributed by atoms with Gasteiger partial charge in [-0.05, 0) is 35.9 Å². The van der Waals surface area contributed by atoms with Crippen LogP contribution in [0.1, 0.15) is 10.4 Å². The van der Waals surface area contributed by atoms with Crippen molar-refractivity contribution in [1.29, 1.82) is 0 Å². The van der Waals surface area contributed by atoms with E-state index in [0.29, 0.717) is 11.3 Å². The highest BCUT2D eigenvalue weighted by Crippen LogP contribution is 2.18. The maximum absolute atomic E-state index is 12.5. The number of aryl methyl sites for hydroxylation is 1. The molecule has 0 radical (unpaired) electrons. The van der Waals surface area contributed by atoms with Gasteiger partial charge in [-0.3, -0.25) is 23.3 Å². The number of nitrogens with zero attached hydrogens (tertiary/aromatic N) is 4. The van der Waals surface area contributed by atoms with E-state index in [-0.39, 0.29) is 28.8 Å². The number of ketones is 1. The van der Waals surface area contributed by atoms with E-state index in [2.05, 4.69) is 4.98 Å². The van der Waals surface area contributed by atoms with E-state index in [1.165, 1.54) is 30.3 Å². The number of imidazole rings is 1. The van der Waals surface area contributed by atoms with E-state index in [1.807, 2.05) is 0 Å². The summed E-state index contributed by atoms with van der Waals surface area (Å²) in [4.78, 5) is 40.9. The van der Waals surface area contributed by atoms with Crippen molar-refractivity contribution in [2.75, 3.05) is 7.11 Å². The zero-order valence-electron chi connectivity index (χ0n) is 13.8. The Kier molecular flexibility index (Phi) is 4.22. The Balaban J connectivity index is 2.10. The molecule has 25 heavy (non-hydrogen) atoms. The Morgan fingerprint density at radius 2 is 1.80 bits per heavy atom. The summed E-state index contributed by atoms with van der Waals surface area (Å²) in [5, 5.41) is -0.0323. The van der Waals surface area contributed by atoms with E-state index in [9.17, 15) is 14.4 Å². The van der Waals surface area contributed by atoms with E-state index in [1.54, 1.807) is 24.3 Å². The molecular weight excluding hydrogens is 348 g/mol. The second-order valence-corrected chi connectivity index (χ2v) is 5.83. The highest BCUT2D eigenvalue weighted by atomic mass is 35.5. The third kappa shape index (κ3) is 2.74. The zero-order valence-corrected chi connectivity index (χ0v) is 14.6. The molecule has 2 aromatic heterocycles. The molecule has 2 heterocycles. The van der Waals surface area contributed by atoms with Gasteiger partial charge in [-0.25, -0.2) is 9.78 Å². The van der Waals surface area contributed by atoms with Gasteiger partial charge in [0.1, 0.15) is 5.75 Å². The number of methoxy groups -OCH3 is 1. The standard InChI is InChI=1S/C16H15ClN4O4/c1-19-13-12(14(23)20(2)16(19)24)18-15(17)21(13)8-11(22)9-4-6-10(25-3)7-5-9/h4-7H,8H2,1-3H3. The number of Topliss-reactive ketones (excluding diaryl/α,β-unsaturated/α-hetero) is 1. The highest BCUT2D eigenvalue weighted by molar-refractivity contribution is 6.29. The van der Waals surface area contributed by atoms with Gasteiger partial charge >= 0.3 is 5.69 Å². The Hall–Kier alpha value is -2.87. The summed E-state index contributed by atoms with van der Waals surface area (Å²) < 4.78 is 8.61. The first kappa shape index (κ1) is 17.0. The van der Waals surface area contributed by atoms with Gasteiger partial charge in [0.25, 0.3) is 5.56 Å². The molecule has 130 valence electrons. The molecule has 0 N–H and O–H groups in total. The van der Waals surface area contributed by atoms with Crippen LogP contribution in [-0.4, -0.2) is 31.6 Å². The van der Waals surface area contributed by atoms with Crippen molar-refractivity contribution in [3.05, 3.63) is 56.0 Å². The molecule has 0 bridgehead atoms. The number of carbonyl (C=O) groups is 1. The maximum atomic E-state index is 12.5. The molecule has 0 aliphatic carbocycles. The van der Waals surface area contributed by atoms with Crippen LogP contribution in [0, 0.1) is 0 Å². The van der Waals surface area contributed by atoms with Crippen LogP contribution < -0.4 is 16.0 Å². The number of rotatable bonds is 4. The summed E-state index contributed by atoms with van der Waals surface area (Å²) in [6.45, 7) is -0.151. The summed E-state index contributed by atoms with van der Waals surface area (Å²) in [5.41, 5.74) is -0.382. The average Bonchev–Trinajstić information content (AvgIpc) is 2.94. The van der Waals surface area contributed by atoms with Crippen LogP contribution in [0.2, 0.25) is 5.28 Å². The van der Waals surface area contributed by atoms with E-state index in [0.717, 1.165) is 4.57 Å². The van der Waals surface area contributed by atoms with Crippen molar-refractivity contribution in [2.24, 2.45) is 14.1 Å². The Bertz CT molecular complexity index is 1090. The summed E-state index contributed by atoms with van der Waals surface area (Å²) in [7, 11) is 4.39. The van der Waals surface area contributed by atoms with Crippen molar-refractivity contribution in [3.8, 4) is 5.75 Å². The van der Waals surface area contributed by atoms with Crippen LogP contribution in [0.4, 0.5) is 0 Å².